The molecule has 0 radical (unpaired) electrons. The van der Waals surface area contributed by atoms with Crippen molar-refractivity contribution < 1.29 is 4.42 Å². The van der Waals surface area contributed by atoms with E-state index in [1.165, 1.54) is 12.0 Å². The van der Waals surface area contributed by atoms with Crippen molar-refractivity contribution in [3.8, 4) is 0 Å². The summed E-state index contributed by atoms with van der Waals surface area (Å²) in [5.74, 6) is 2.88. The first kappa shape index (κ1) is 16.3. The summed E-state index contributed by atoms with van der Waals surface area (Å²) in [4.78, 5) is 2.38. The molecule has 0 spiro atoms. The largest absolute Gasteiger partial charge is 0.465 e. The van der Waals surface area contributed by atoms with Crippen molar-refractivity contribution >= 4 is 0 Å². The van der Waals surface area contributed by atoms with Crippen molar-refractivity contribution in [2.75, 3.05) is 20.1 Å². The number of nitrogens with one attached hydrogen (secondary N) is 1. The van der Waals surface area contributed by atoms with Crippen LogP contribution in [0.3, 0.4) is 0 Å². The number of rotatable bonds is 9. The third-order valence-electron chi connectivity index (χ3n) is 3.33. The van der Waals surface area contributed by atoms with E-state index in [1.807, 2.05) is 0 Å². The molecule has 0 aliphatic heterocycles. The zero-order valence-corrected chi connectivity index (χ0v) is 13.3. The molecular weight excluding hydrogens is 236 g/mol. The van der Waals surface area contributed by atoms with Gasteiger partial charge in [-0.2, -0.15) is 0 Å². The Bertz CT molecular complexity index is 358. The smallest absolute Gasteiger partial charge is 0.118 e. The molecular formula is C16H30N2O. The van der Waals surface area contributed by atoms with Gasteiger partial charge in [0.05, 0.1) is 6.54 Å². The molecule has 0 aromatic carbocycles. The molecule has 0 aliphatic rings. The molecule has 1 heterocycles. The van der Waals surface area contributed by atoms with Crippen LogP contribution in [0.1, 0.15) is 50.7 Å². The van der Waals surface area contributed by atoms with E-state index in [9.17, 15) is 0 Å². The first-order chi connectivity index (χ1) is 9.02. The predicted octanol–water partition coefficient (Wildman–Crippen LogP) is 3.57. The van der Waals surface area contributed by atoms with Gasteiger partial charge in [-0.1, -0.05) is 20.8 Å². The maximum Gasteiger partial charge on any atom is 0.118 e. The van der Waals surface area contributed by atoms with E-state index in [-0.39, 0.29) is 0 Å². The first-order valence-corrected chi connectivity index (χ1v) is 7.50. The van der Waals surface area contributed by atoms with E-state index in [0.717, 1.165) is 50.0 Å². The zero-order chi connectivity index (χ0) is 14.3. The van der Waals surface area contributed by atoms with E-state index in [1.54, 1.807) is 0 Å². The standard InChI is InChI=1S/C16H30N2O/c1-6-8-17-11-16-10-15(14(4)19-16)12-18(5)9-7-13(2)3/h10,13,17H,6-9,11-12H2,1-5H3. The molecule has 0 fully saturated rings. The van der Waals surface area contributed by atoms with Gasteiger partial charge < -0.3 is 14.6 Å². The van der Waals surface area contributed by atoms with Crippen LogP contribution in [0, 0.1) is 12.8 Å². The van der Waals surface area contributed by atoms with E-state index in [0.29, 0.717) is 0 Å². The molecule has 0 saturated carbocycles. The summed E-state index contributed by atoms with van der Waals surface area (Å²) in [6.45, 7) is 12.8. The lowest BCUT2D eigenvalue weighted by Crippen LogP contribution is -2.20. The topological polar surface area (TPSA) is 28.4 Å². The summed E-state index contributed by atoms with van der Waals surface area (Å²) in [5, 5.41) is 3.38. The highest BCUT2D eigenvalue weighted by Crippen LogP contribution is 2.16. The molecule has 0 aliphatic carbocycles. The molecule has 19 heavy (non-hydrogen) atoms. The molecule has 3 nitrogen and oxygen atoms in total. The Morgan fingerprint density at radius 1 is 1.37 bits per heavy atom. The van der Waals surface area contributed by atoms with Gasteiger partial charge in [0, 0.05) is 12.1 Å². The molecule has 110 valence electrons. The average Bonchev–Trinajstić information content (AvgIpc) is 2.68. The van der Waals surface area contributed by atoms with E-state index in [4.69, 9.17) is 4.42 Å². The van der Waals surface area contributed by atoms with Crippen molar-refractivity contribution in [2.24, 2.45) is 5.92 Å². The fraction of sp³-hybridized carbons (Fsp3) is 0.750. The zero-order valence-electron chi connectivity index (χ0n) is 13.3. The highest BCUT2D eigenvalue weighted by molar-refractivity contribution is 5.20. The van der Waals surface area contributed by atoms with Crippen LogP contribution in [0.5, 0.6) is 0 Å². The first-order valence-electron chi connectivity index (χ1n) is 7.50. The molecule has 1 aromatic heterocycles. The molecule has 0 bridgehead atoms. The molecule has 1 N–H and O–H groups in total. The fourth-order valence-corrected chi connectivity index (χ4v) is 2.07. The summed E-state index contributed by atoms with van der Waals surface area (Å²) in [5.41, 5.74) is 1.32. The Morgan fingerprint density at radius 2 is 2.11 bits per heavy atom. The van der Waals surface area contributed by atoms with E-state index in [2.05, 4.69) is 51.0 Å². The summed E-state index contributed by atoms with van der Waals surface area (Å²) >= 11 is 0. The van der Waals surface area contributed by atoms with Crippen LogP contribution >= 0.6 is 0 Å². The third-order valence-corrected chi connectivity index (χ3v) is 3.33. The van der Waals surface area contributed by atoms with Crippen LogP contribution in [0.4, 0.5) is 0 Å². The maximum absolute atomic E-state index is 5.80. The van der Waals surface area contributed by atoms with Gasteiger partial charge in [-0.3, -0.25) is 0 Å². The van der Waals surface area contributed by atoms with Crippen LogP contribution in [0.2, 0.25) is 0 Å². The Labute approximate surface area is 118 Å². The van der Waals surface area contributed by atoms with E-state index >= 15 is 0 Å². The Balaban J connectivity index is 2.44. The minimum Gasteiger partial charge on any atom is -0.465 e. The molecule has 1 rings (SSSR count). The minimum atomic E-state index is 0.765. The number of hydrogen-bond donors (Lipinski definition) is 1. The minimum absolute atomic E-state index is 0.765. The maximum atomic E-state index is 5.80. The van der Waals surface area contributed by atoms with Crippen molar-refractivity contribution in [2.45, 2.75) is 53.6 Å². The highest BCUT2D eigenvalue weighted by atomic mass is 16.3. The van der Waals surface area contributed by atoms with Crippen molar-refractivity contribution in [3.05, 3.63) is 23.2 Å². The van der Waals surface area contributed by atoms with Crippen molar-refractivity contribution in [1.82, 2.24) is 10.2 Å². The summed E-state index contributed by atoms with van der Waals surface area (Å²) < 4.78 is 5.80. The van der Waals surface area contributed by atoms with Crippen molar-refractivity contribution in [3.63, 3.8) is 0 Å². The van der Waals surface area contributed by atoms with Crippen LogP contribution in [-0.4, -0.2) is 25.0 Å². The Hall–Kier alpha value is -0.800. The average molecular weight is 266 g/mol. The van der Waals surface area contributed by atoms with Gasteiger partial charge >= 0.3 is 0 Å². The molecule has 0 saturated heterocycles. The predicted molar refractivity (Wildman–Crippen MR) is 81.2 cm³/mol. The monoisotopic (exact) mass is 266 g/mol. The lowest BCUT2D eigenvalue weighted by Gasteiger charge is -2.17. The van der Waals surface area contributed by atoms with Crippen LogP contribution in [0.15, 0.2) is 10.5 Å². The SMILES string of the molecule is CCCNCc1cc(CN(C)CCC(C)C)c(C)o1. The second-order valence-corrected chi connectivity index (χ2v) is 5.89. The fourth-order valence-electron chi connectivity index (χ4n) is 2.07. The summed E-state index contributed by atoms with van der Waals surface area (Å²) in [7, 11) is 2.18. The van der Waals surface area contributed by atoms with Gasteiger partial charge in [-0.25, -0.2) is 0 Å². The second kappa shape index (κ2) is 8.39. The third kappa shape index (κ3) is 6.26. The Morgan fingerprint density at radius 3 is 2.74 bits per heavy atom. The second-order valence-electron chi connectivity index (χ2n) is 5.89. The van der Waals surface area contributed by atoms with Crippen molar-refractivity contribution in [1.29, 1.82) is 0 Å². The van der Waals surface area contributed by atoms with Gasteiger partial charge in [-0.15, -0.1) is 0 Å². The van der Waals surface area contributed by atoms with E-state index < -0.39 is 0 Å². The van der Waals surface area contributed by atoms with Crippen LogP contribution in [0.25, 0.3) is 0 Å². The summed E-state index contributed by atoms with van der Waals surface area (Å²) in [6.07, 6.45) is 2.41. The molecule has 3 heteroatoms. The number of hydrogen-bond acceptors (Lipinski definition) is 3. The summed E-state index contributed by atoms with van der Waals surface area (Å²) in [6, 6.07) is 2.20. The number of nitrogens with zero attached hydrogens (tertiary/aromatic N) is 1. The number of furan rings is 1. The molecule has 0 unspecified atom stereocenters. The molecule has 0 amide bonds. The van der Waals surface area contributed by atoms with Gasteiger partial charge in [0.15, 0.2) is 0 Å². The normalized spacial score (nSPS) is 11.7. The van der Waals surface area contributed by atoms with Crippen LogP contribution < -0.4 is 5.32 Å². The van der Waals surface area contributed by atoms with Gasteiger partial charge in [0.25, 0.3) is 0 Å². The number of aryl methyl sites for hydroxylation is 1. The van der Waals surface area contributed by atoms with Gasteiger partial charge in [0.1, 0.15) is 11.5 Å². The lowest BCUT2D eigenvalue weighted by atomic mass is 10.1. The molecule has 1 aromatic rings. The van der Waals surface area contributed by atoms with Gasteiger partial charge in [-0.05, 0) is 51.9 Å². The Kier molecular flexibility index (Phi) is 7.17. The van der Waals surface area contributed by atoms with Gasteiger partial charge in [0.2, 0.25) is 0 Å². The quantitative estimate of drug-likeness (QED) is 0.693. The highest BCUT2D eigenvalue weighted by Gasteiger charge is 2.09. The lowest BCUT2D eigenvalue weighted by molar-refractivity contribution is 0.301. The van der Waals surface area contributed by atoms with Crippen LogP contribution in [-0.2, 0) is 13.1 Å². The molecule has 0 atom stereocenters.